The van der Waals surface area contributed by atoms with Gasteiger partial charge in [0.25, 0.3) is 5.91 Å². The van der Waals surface area contributed by atoms with Crippen LogP contribution in [0.2, 0.25) is 5.02 Å². The number of nitrogens with zero attached hydrogens (tertiary/aromatic N) is 1. The second-order valence-electron chi connectivity index (χ2n) is 5.96. The smallest absolute Gasteiger partial charge is 0.415 e. The molecule has 2 aromatic rings. The quantitative estimate of drug-likeness (QED) is 0.891. The summed E-state index contributed by atoms with van der Waals surface area (Å²) in [6.45, 7) is 1.35. The number of alkyl carbamates (subject to hydrolysis) is 1. The number of benzene rings is 2. The van der Waals surface area contributed by atoms with Gasteiger partial charge in [0.1, 0.15) is 12.4 Å². The number of halogens is 2. The number of fused-ring (bicyclic) bond motifs is 1. The Labute approximate surface area is 153 Å². The van der Waals surface area contributed by atoms with Gasteiger partial charge in [-0.25, -0.2) is 9.18 Å². The summed E-state index contributed by atoms with van der Waals surface area (Å²) in [5.41, 5.74) is 1.29. The van der Waals surface area contributed by atoms with Gasteiger partial charge in [-0.1, -0.05) is 41.9 Å². The minimum atomic E-state index is -1.41. The van der Waals surface area contributed by atoms with Crippen molar-refractivity contribution in [1.29, 1.82) is 0 Å². The Morgan fingerprint density at radius 1 is 1.27 bits per heavy atom. The number of nitrogens with one attached hydrogen (secondary N) is 1. The van der Waals surface area contributed by atoms with Gasteiger partial charge in [0.05, 0.1) is 22.8 Å². The zero-order valence-corrected chi connectivity index (χ0v) is 14.3. The third-order valence-electron chi connectivity index (χ3n) is 4.29. The lowest BCUT2D eigenvalue weighted by molar-refractivity contribution is -0.123. The zero-order valence-electron chi connectivity index (χ0n) is 13.5. The summed E-state index contributed by atoms with van der Waals surface area (Å²) < 4.78 is 25.5. The van der Waals surface area contributed by atoms with Crippen molar-refractivity contribution in [2.75, 3.05) is 18.1 Å². The summed E-state index contributed by atoms with van der Waals surface area (Å²) in [4.78, 5) is 25.4. The Kier molecular flexibility index (Phi) is 4.16. The first kappa shape index (κ1) is 16.7. The van der Waals surface area contributed by atoms with Gasteiger partial charge in [-0.05, 0) is 5.56 Å². The summed E-state index contributed by atoms with van der Waals surface area (Å²) in [5, 5.41) is 1.82. The first-order valence-corrected chi connectivity index (χ1v) is 8.37. The molecule has 2 heterocycles. The van der Waals surface area contributed by atoms with E-state index in [0.717, 1.165) is 5.56 Å². The fourth-order valence-corrected chi connectivity index (χ4v) is 3.37. The Morgan fingerprint density at radius 3 is 2.73 bits per heavy atom. The van der Waals surface area contributed by atoms with Crippen LogP contribution >= 0.6 is 11.6 Å². The summed E-state index contributed by atoms with van der Waals surface area (Å²) in [5.74, 6) is -1.18. The number of imide groups is 1. The molecule has 1 unspecified atom stereocenters. The van der Waals surface area contributed by atoms with E-state index in [1.54, 1.807) is 0 Å². The highest BCUT2D eigenvalue weighted by molar-refractivity contribution is 6.31. The van der Waals surface area contributed by atoms with Crippen molar-refractivity contribution in [3.05, 3.63) is 58.4 Å². The Bertz CT molecular complexity index is 891. The van der Waals surface area contributed by atoms with Gasteiger partial charge in [-0.3, -0.25) is 10.1 Å². The van der Waals surface area contributed by atoms with E-state index in [2.05, 4.69) is 0 Å². The van der Waals surface area contributed by atoms with Crippen molar-refractivity contribution >= 4 is 29.3 Å². The molecule has 1 saturated heterocycles. The maximum atomic E-state index is 14.9. The molecule has 0 aromatic heterocycles. The van der Waals surface area contributed by atoms with E-state index in [1.165, 1.54) is 6.07 Å². The molecule has 2 aliphatic rings. The number of amides is 2. The van der Waals surface area contributed by atoms with Crippen molar-refractivity contribution < 1.29 is 23.5 Å². The fourth-order valence-electron chi connectivity index (χ4n) is 3.17. The number of hydrogen-bond acceptors (Lipinski definition) is 5. The second kappa shape index (κ2) is 6.49. The Morgan fingerprint density at radius 2 is 2.04 bits per heavy atom. The van der Waals surface area contributed by atoms with E-state index >= 15 is 0 Å². The molecular formula is C18H14ClFN2O4. The average molecular weight is 377 g/mol. The average Bonchev–Trinajstić information content (AvgIpc) is 2.95. The minimum absolute atomic E-state index is 0.0912. The number of carbonyl (C=O) groups excluding carboxylic acids is 2. The molecule has 6 nitrogen and oxygen atoms in total. The summed E-state index contributed by atoms with van der Waals surface area (Å²) >= 11 is 5.98. The molecule has 1 atom stereocenters. The van der Waals surface area contributed by atoms with E-state index in [9.17, 15) is 14.0 Å². The number of hydrogen-bond donors (Lipinski definition) is 1. The molecule has 8 heteroatoms. The minimum Gasteiger partial charge on any atom is -0.489 e. The first-order valence-electron chi connectivity index (χ1n) is 7.99. The number of rotatable bonds is 3. The number of carbonyl (C=O) groups is 2. The van der Waals surface area contributed by atoms with Gasteiger partial charge in [0.15, 0.2) is 5.82 Å². The largest absolute Gasteiger partial charge is 0.489 e. The van der Waals surface area contributed by atoms with E-state index < -0.39 is 23.9 Å². The van der Waals surface area contributed by atoms with Crippen LogP contribution in [0, 0.1) is 5.82 Å². The van der Waals surface area contributed by atoms with E-state index in [0.29, 0.717) is 31.1 Å². The van der Waals surface area contributed by atoms with Crippen molar-refractivity contribution in [2.24, 2.45) is 0 Å². The molecule has 134 valence electrons. The van der Waals surface area contributed by atoms with Crippen molar-refractivity contribution in [1.82, 2.24) is 5.32 Å². The summed E-state index contributed by atoms with van der Waals surface area (Å²) in [6, 6.07) is 11.0. The van der Waals surface area contributed by atoms with E-state index in [1.807, 2.05) is 40.5 Å². The third kappa shape index (κ3) is 2.84. The maximum Gasteiger partial charge on any atom is 0.415 e. The number of ether oxygens (including phenoxy) is 2. The molecule has 0 radical (unpaired) electrons. The lowest BCUT2D eigenvalue weighted by Gasteiger charge is -2.34. The van der Waals surface area contributed by atoms with E-state index in [4.69, 9.17) is 21.1 Å². The van der Waals surface area contributed by atoms with Crippen LogP contribution < -0.4 is 15.0 Å². The molecule has 0 bridgehead atoms. The standard InChI is InChI=1S/C18H14ClFN2O4/c19-11-8-12-15(13(14(11)20)16-17(23)21-18(24)26-16)22(6-7-25-12)9-10-4-2-1-3-5-10/h1-5,8,16H,6-7,9H2,(H,21,23,24). The molecule has 26 heavy (non-hydrogen) atoms. The predicted molar refractivity (Wildman–Crippen MR) is 91.8 cm³/mol. The highest BCUT2D eigenvalue weighted by Gasteiger charge is 2.41. The molecule has 4 rings (SSSR count). The molecule has 2 amide bonds. The molecule has 2 aliphatic heterocycles. The van der Waals surface area contributed by atoms with Crippen LogP contribution in [-0.2, 0) is 16.1 Å². The van der Waals surface area contributed by atoms with E-state index in [-0.39, 0.29) is 10.6 Å². The molecular weight excluding hydrogens is 363 g/mol. The van der Waals surface area contributed by atoms with Gasteiger partial charge < -0.3 is 14.4 Å². The van der Waals surface area contributed by atoms with Crippen LogP contribution in [0.25, 0.3) is 0 Å². The van der Waals surface area contributed by atoms with Crippen molar-refractivity contribution in [3.8, 4) is 5.75 Å². The SMILES string of the molecule is O=C1NC(=O)C(c2c(F)c(Cl)cc3c2N(Cc2ccccc2)CCO3)O1. The van der Waals surface area contributed by atoms with Crippen LogP contribution in [-0.4, -0.2) is 25.2 Å². The van der Waals surface area contributed by atoms with Gasteiger partial charge in [0, 0.05) is 12.6 Å². The summed E-state index contributed by atoms with van der Waals surface area (Å²) in [7, 11) is 0. The lowest BCUT2D eigenvalue weighted by Crippen LogP contribution is -2.34. The van der Waals surface area contributed by atoms with Gasteiger partial charge in [0.2, 0.25) is 6.10 Å². The number of anilines is 1. The van der Waals surface area contributed by atoms with Crippen LogP contribution in [0.15, 0.2) is 36.4 Å². The molecule has 0 aliphatic carbocycles. The third-order valence-corrected chi connectivity index (χ3v) is 4.57. The van der Waals surface area contributed by atoms with Crippen molar-refractivity contribution in [3.63, 3.8) is 0 Å². The number of cyclic esters (lactones) is 1. The fraction of sp³-hybridized carbons (Fsp3) is 0.222. The lowest BCUT2D eigenvalue weighted by atomic mass is 10.0. The van der Waals surface area contributed by atoms with Crippen molar-refractivity contribution in [2.45, 2.75) is 12.6 Å². The maximum absolute atomic E-state index is 14.9. The molecule has 1 fully saturated rings. The zero-order chi connectivity index (χ0) is 18.3. The van der Waals surface area contributed by atoms with Crippen LogP contribution in [0.1, 0.15) is 17.2 Å². The molecule has 0 saturated carbocycles. The molecule has 1 N–H and O–H groups in total. The predicted octanol–water partition coefficient (Wildman–Crippen LogP) is 3.19. The first-order chi connectivity index (χ1) is 12.5. The highest BCUT2D eigenvalue weighted by Crippen LogP contribution is 2.45. The normalized spacial score (nSPS) is 18.8. The van der Waals surface area contributed by atoms with Gasteiger partial charge >= 0.3 is 6.09 Å². The van der Waals surface area contributed by atoms with Gasteiger partial charge in [-0.2, -0.15) is 0 Å². The topological polar surface area (TPSA) is 67.9 Å². The Balaban J connectivity index is 1.82. The van der Waals surface area contributed by atoms with Gasteiger partial charge in [-0.15, -0.1) is 0 Å². The highest BCUT2D eigenvalue weighted by atomic mass is 35.5. The molecule has 0 spiro atoms. The summed E-state index contributed by atoms with van der Waals surface area (Å²) in [6.07, 6.45) is -2.32. The van der Waals surface area contributed by atoms with Crippen LogP contribution in [0.3, 0.4) is 0 Å². The van der Waals surface area contributed by atoms with Crippen LogP contribution in [0.5, 0.6) is 5.75 Å². The molecule has 2 aromatic carbocycles. The van der Waals surface area contributed by atoms with Crippen LogP contribution in [0.4, 0.5) is 14.9 Å². The monoisotopic (exact) mass is 376 g/mol. The Hall–Kier alpha value is -2.80. The second-order valence-corrected chi connectivity index (χ2v) is 6.37.